The molecule has 1 saturated heterocycles. The van der Waals surface area contributed by atoms with Gasteiger partial charge in [0.25, 0.3) is 5.91 Å². The van der Waals surface area contributed by atoms with Crippen molar-refractivity contribution in [1.29, 1.82) is 0 Å². The zero-order chi connectivity index (χ0) is 15.0. The summed E-state index contributed by atoms with van der Waals surface area (Å²) in [4.78, 5) is 26.6. The molecule has 1 N–H and O–H groups in total. The van der Waals surface area contributed by atoms with Gasteiger partial charge in [-0.1, -0.05) is 0 Å². The summed E-state index contributed by atoms with van der Waals surface area (Å²) in [6.07, 6.45) is 4.22. The van der Waals surface area contributed by atoms with Crippen molar-refractivity contribution in [1.82, 2.24) is 10.2 Å². The monoisotopic (exact) mass is 290 g/mol. The molecule has 3 rings (SSSR count). The van der Waals surface area contributed by atoms with E-state index in [2.05, 4.69) is 5.32 Å². The van der Waals surface area contributed by atoms with Crippen LogP contribution in [-0.2, 0) is 6.42 Å². The van der Waals surface area contributed by atoms with E-state index < -0.39 is 0 Å². The molecule has 1 unspecified atom stereocenters. The molecule has 5 nitrogen and oxygen atoms in total. The Morgan fingerprint density at radius 2 is 2.14 bits per heavy atom. The molecule has 0 bridgehead atoms. The number of piperidine rings is 1. The number of ketones is 1. The summed E-state index contributed by atoms with van der Waals surface area (Å²) in [6, 6.07) is 0.342. The predicted octanol–water partition coefficient (Wildman–Crippen LogP) is 1.93. The van der Waals surface area contributed by atoms with Gasteiger partial charge >= 0.3 is 0 Å². The number of rotatable bonds is 2. The van der Waals surface area contributed by atoms with Crippen LogP contribution in [0.5, 0.6) is 0 Å². The van der Waals surface area contributed by atoms with Gasteiger partial charge in [-0.3, -0.25) is 9.59 Å². The molecule has 2 aliphatic rings. The Labute approximate surface area is 124 Å². The highest BCUT2D eigenvalue weighted by Crippen LogP contribution is 2.30. The number of Topliss-reactive ketones (excluding diaryl/α,β-unsaturated/α-hetero) is 1. The van der Waals surface area contributed by atoms with Crippen LogP contribution in [0.4, 0.5) is 0 Å². The standard InChI is InChI=1S/C16H22N2O3/c1-10-14-12(19)6-3-7-13(14)21-15(10)16(20)18-8-4-5-11(9-18)17-2/h11,17H,3-9H2,1-2H3. The predicted molar refractivity (Wildman–Crippen MR) is 78.7 cm³/mol. The summed E-state index contributed by atoms with van der Waals surface area (Å²) >= 11 is 0. The lowest BCUT2D eigenvalue weighted by Crippen LogP contribution is -2.47. The molecule has 0 spiro atoms. The lowest BCUT2D eigenvalue weighted by molar-refractivity contribution is 0.0662. The number of hydrogen-bond donors (Lipinski definition) is 1. The smallest absolute Gasteiger partial charge is 0.289 e. The van der Waals surface area contributed by atoms with Crippen molar-refractivity contribution in [3.8, 4) is 0 Å². The van der Waals surface area contributed by atoms with Crippen LogP contribution in [0, 0.1) is 6.92 Å². The number of hydrogen-bond acceptors (Lipinski definition) is 4. The third kappa shape index (κ3) is 2.50. The number of likely N-dealkylation sites (tertiary alicyclic amines) is 1. The lowest BCUT2D eigenvalue weighted by atomic mass is 9.94. The van der Waals surface area contributed by atoms with Gasteiger partial charge in [-0.05, 0) is 33.2 Å². The van der Waals surface area contributed by atoms with Crippen molar-refractivity contribution in [2.45, 2.75) is 45.1 Å². The number of aryl methyl sites for hydroxylation is 1. The van der Waals surface area contributed by atoms with E-state index in [0.717, 1.165) is 37.8 Å². The maximum atomic E-state index is 12.7. The quantitative estimate of drug-likeness (QED) is 0.904. The van der Waals surface area contributed by atoms with Gasteiger partial charge < -0.3 is 14.6 Å². The number of carbonyl (C=O) groups excluding carboxylic acids is 2. The fraction of sp³-hybridized carbons (Fsp3) is 0.625. The normalized spacial score (nSPS) is 22.3. The number of furan rings is 1. The summed E-state index contributed by atoms with van der Waals surface area (Å²) in [7, 11) is 1.92. The fourth-order valence-corrected chi connectivity index (χ4v) is 3.39. The molecule has 5 heteroatoms. The minimum Gasteiger partial charge on any atom is -0.455 e. The van der Waals surface area contributed by atoms with E-state index in [-0.39, 0.29) is 11.7 Å². The first-order valence-corrected chi connectivity index (χ1v) is 7.73. The first-order chi connectivity index (χ1) is 10.1. The summed E-state index contributed by atoms with van der Waals surface area (Å²) in [6.45, 7) is 3.29. The Balaban J connectivity index is 1.87. The minimum absolute atomic E-state index is 0.0744. The third-order valence-corrected chi connectivity index (χ3v) is 4.62. The van der Waals surface area contributed by atoms with Crippen LogP contribution in [0.3, 0.4) is 0 Å². The Kier molecular flexibility index (Phi) is 3.85. The maximum Gasteiger partial charge on any atom is 0.289 e. The highest BCUT2D eigenvalue weighted by atomic mass is 16.4. The molecule has 1 atom stereocenters. The van der Waals surface area contributed by atoms with E-state index >= 15 is 0 Å². The van der Waals surface area contributed by atoms with E-state index in [1.54, 1.807) is 0 Å². The van der Waals surface area contributed by atoms with E-state index in [4.69, 9.17) is 4.42 Å². The van der Waals surface area contributed by atoms with E-state index in [9.17, 15) is 9.59 Å². The second-order valence-corrected chi connectivity index (χ2v) is 6.01. The number of fused-ring (bicyclic) bond motifs is 1. The van der Waals surface area contributed by atoms with Gasteiger partial charge in [0.15, 0.2) is 11.5 Å². The van der Waals surface area contributed by atoms with Crippen LogP contribution < -0.4 is 5.32 Å². The Morgan fingerprint density at radius 3 is 2.86 bits per heavy atom. The second kappa shape index (κ2) is 5.64. The molecular formula is C16H22N2O3. The highest BCUT2D eigenvalue weighted by molar-refractivity contribution is 6.03. The van der Waals surface area contributed by atoms with Crippen LogP contribution in [0.15, 0.2) is 4.42 Å². The van der Waals surface area contributed by atoms with E-state index in [1.807, 2.05) is 18.9 Å². The molecule has 2 heterocycles. The number of amides is 1. The molecular weight excluding hydrogens is 268 g/mol. The summed E-state index contributed by atoms with van der Waals surface area (Å²) in [5.41, 5.74) is 1.39. The van der Waals surface area contributed by atoms with Gasteiger partial charge in [-0.25, -0.2) is 0 Å². The molecule has 21 heavy (non-hydrogen) atoms. The number of likely N-dealkylation sites (N-methyl/N-ethyl adjacent to an activating group) is 1. The van der Waals surface area contributed by atoms with Gasteiger partial charge in [0.05, 0.1) is 5.56 Å². The summed E-state index contributed by atoms with van der Waals surface area (Å²) in [5, 5.41) is 3.23. The average Bonchev–Trinajstić information content (AvgIpc) is 2.85. The molecule has 1 aliphatic heterocycles. The van der Waals surface area contributed by atoms with E-state index in [0.29, 0.717) is 36.1 Å². The van der Waals surface area contributed by atoms with Gasteiger partial charge in [-0.15, -0.1) is 0 Å². The summed E-state index contributed by atoms with van der Waals surface area (Å²) in [5.74, 6) is 1.11. The van der Waals surface area contributed by atoms with Crippen LogP contribution in [0.1, 0.15) is 57.9 Å². The van der Waals surface area contributed by atoms with Crippen molar-refractivity contribution in [2.75, 3.05) is 20.1 Å². The largest absolute Gasteiger partial charge is 0.455 e. The van der Waals surface area contributed by atoms with Gasteiger partial charge in [-0.2, -0.15) is 0 Å². The van der Waals surface area contributed by atoms with Crippen molar-refractivity contribution < 1.29 is 14.0 Å². The first kappa shape index (κ1) is 14.3. The van der Waals surface area contributed by atoms with E-state index in [1.165, 1.54) is 0 Å². The Bertz CT molecular complexity index is 576. The Morgan fingerprint density at radius 1 is 1.33 bits per heavy atom. The average molecular weight is 290 g/mol. The number of nitrogens with one attached hydrogen (secondary N) is 1. The summed E-state index contributed by atoms with van der Waals surface area (Å²) < 4.78 is 5.76. The molecule has 1 amide bonds. The van der Waals surface area contributed by atoms with Gasteiger partial charge in [0.2, 0.25) is 0 Å². The van der Waals surface area contributed by atoms with Crippen molar-refractivity contribution >= 4 is 11.7 Å². The molecule has 114 valence electrons. The van der Waals surface area contributed by atoms with Crippen LogP contribution >= 0.6 is 0 Å². The van der Waals surface area contributed by atoms with Crippen LogP contribution in [0.25, 0.3) is 0 Å². The first-order valence-electron chi connectivity index (χ1n) is 7.73. The topological polar surface area (TPSA) is 62.6 Å². The molecule has 1 fully saturated rings. The van der Waals surface area contributed by atoms with Gasteiger partial charge in [0, 0.05) is 37.5 Å². The van der Waals surface area contributed by atoms with Crippen LogP contribution in [-0.4, -0.2) is 42.8 Å². The molecule has 1 aromatic rings. The van der Waals surface area contributed by atoms with Crippen molar-refractivity contribution in [3.05, 3.63) is 22.6 Å². The Hall–Kier alpha value is -1.62. The van der Waals surface area contributed by atoms with Crippen LogP contribution in [0.2, 0.25) is 0 Å². The molecule has 0 saturated carbocycles. The minimum atomic E-state index is -0.0744. The molecule has 1 aliphatic carbocycles. The van der Waals surface area contributed by atoms with Crippen molar-refractivity contribution in [3.63, 3.8) is 0 Å². The molecule has 1 aromatic heterocycles. The number of carbonyl (C=O) groups is 2. The zero-order valence-electron chi connectivity index (χ0n) is 12.7. The molecule has 0 aromatic carbocycles. The zero-order valence-corrected chi connectivity index (χ0v) is 12.7. The van der Waals surface area contributed by atoms with Gasteiger partial charge in [0.1, 0.15) is 5.76 Å². The lowest BCUT2D eigenvalue weighted by Gasteiger charge is -2.32. The maximum absolute atomic E-state index is 12.7. The molecule has 0 radical (unpaired) electrons. The third-order valence-electron chi connectivity index (χ3n) is 4.62. The highest BCUT2D eigenvalue weighted by Gasteiger charge is 2.32. The fourth-order valence-electron chi connectivity index (χ4n) is 3.39. The van der Waals surface area contributed by atoms with Crippen molar-refractivity contribution in [2.24, 2.45) is 0 Å². The SMILES string of the molecule is CNC1CCCN(C(=O)c2oc3c(c2C)C(=O)CCC3)C1. The second-order valence-electron chi connectivity index (χ2n) is 6.01. The number of nitrogens with zero attached hydrogens (tertiary/aromatic N) is 1.